The van der Waals surface area contributed by atoms with Crippen LogP contribution in [-0.2, 0) is 11.3 Å². The third-order valence-electron chi connectivity index (χ3n) is 4.69. The molecule has 0 fully saturated rings. The highest BCUT2D eigenvalue weighted by Crippen LogP contribution is 2.30. The maximum atomic E-state index is 12.4. The molecule has 0 aliphatic carbocycles. The van der Waals surface area contributed by atoms with Gasteiger partial charge in [0, 0.05) is 24.5 Å². The summed E-state index contributed by atoms with van der Waals surface area (Å²) in [4.78, 5) is 13.4. The molecule has 0 atom stereocenters. The summed E-state index contributed by atoms with van der Waals surface area (Å²) < 4.78 is 3.98. The van der Waals surface area contributed by atoms with E-state index in [0.29, 0.717) is 11.7 Å². The zero-order valence-corrected chi connectivity index (χ0v) is 19.1. The second-order valence-corrected chi connectivity index (χ2v) is 8.99. The van der Waals surface area contributed by atoms with E-state index in [-0.39, 0.29) is 11.7 Å². The molecule has 31 heavy (non-hydrogen) atoms. The summed E-state index contributed by atoms with van der Waals surface area (Å²) in [5.41, 5.74) is 3.13. The van der Waals surface area contributed by atoms with Gasteiger partial charge in [0.1, 0.15) is 0 Å². The smallest absolute Gasteiger partial charge is 0.230 e. The van der Waals surface area contributed by atoms with Crippen molar-refractivity contribution in [2.24, 2.45) is 0 Å². The number of thiophene rings is 1. The fourth-order valence-corrected chi connectivity index (χ4v) is 4.76. The van der Waals surface area contributed by atoms with Gasteiger partial charge in [-0.1, -0.05) is 36.0 Å². The van der Waals surface area contributed by atoms with Gasteiger partial charge >= 0.3 is 0 Å². The molecule has 4 rings (SSSR count). The van der Waals surface area contributed by atoms with Crippen molar-refractivity contribution >= 4 is 29.0 Å². The van der Waals surface area contributed by atoms with E-state index in [9.17, 15) is 4.79 Å². The van der Waals surface area contributed by atoms with Crippen LogP contribution >= 0.6 is 23.1 Å². The summed E-state index contributed by atoms with van der Waals surface area (Å²) >= 11 is 3.01. The van der Waals surface area contributed by atoms with Gasteiger partial charge in [0.15, 0.2) is 11.0 Å². The van der Waals surface area contributed by atoms with Gasteiger partial charge in [-0.25, -0.2) is 0 Å². The lowest BCUT2D eigenvalue weighted by atomic mass is 10.3. The van der Waals surface area contributed by atoms with Crippen molar-refractivity contribution in [3.8, 4) is 16.4 Å². The molecule has 160 valence electrons. The fourth-order valence-electron chi connectivity index (χ4n) is 3.28. The highest BCUT2D eigenvalue weighted by molar-refractivity contribution is 7.99. The number of benzene rings is 1. The Morgan fingerprint density at radius 1 is 1.13 bits per heavy atom. The largest absolute Gasteiger partial charge is 0.355 e. The molecule has 0 bridgehead atoms. The second kappa shape index (κ2) is 9.93. The van der Waals surface area contributed by atoms with Crippen LogP contribution < -0.4 is 5.32 Å². The SMILES string of the molecule is Cc1cc(C)n(CCCNC(=O)CSc2nnc(-c3cccs3)n2-c2ccccc2)n1. The summed E-state index contributed by atoms with van der Waals surface area (Å²) in [5.74, 6) is 1.06. The van der Waals surface area contributed by atoms with Crippen LogP contribution in [0.15, 0.2) is 59.1 Å². The molecule has 0 unspecified atom stereocenters. The topological polar surface area (TPSA) is 77.6 Å². The molecule has 1 aromatic carbocycles. The Hall–Kier alpha value is -2.91. The molecular formula is C22H24N6OS2. The third-order valence-corrected chi connectivity index (χ3v) is 6.49. The molecule has 3 heterocycles. The summed E-state index contributed by atoms with van der Waals surface area (Å²) in [6.45, 7) is 5.44. The molecule has 9 heteroatoms. The van der Waals surface area contributed by atoms with Gasteiger partial charge < -0.3 is 5.32 Å². The lowest BCUT2D eigenvalue weighted by Gasteiger charge is -2.10. The lowest BCUT2D eigenvalue weighted by molar-refractivity contribution is -0.118. The number of amides is 1. The quantitative estimate of drug-likeness (QED) is 0.305. The summed E-state index contributed by atoms with van der Waals surface area (Å²) in [7, 11) is 0. The fraction of sp³-hybridized carbons (Fsp3) is 0.273. The predicted octanol–water partition coefficient (Wildman–Crippen LogP) is 4.11. The first kappa shape index (κ1) is 21.3. The molecule has 1 amide bonds. The number of rotatable bonds is 9. The van der Waals surface area contributed by atoms with E-state index in [2.05, 4.69) is 26.7 Å². The first-order valence-corrected chi connectivity index (χ1v) is 11.9. The van der Waals surface area contributed by atoms with Gasteiger partial charge in [-0.2, -0.15) is 5.10 Å². The van der Waals surface area contributed by atoms with Crippen molar-refractivity contribution in [2.45, 2.75) is 32.0 Å². The number of hydrogen-bond donors (Lipinski definition) is 1. The minimum Gasteiger partial charge on any atom is -0.355 e. The number of aryl methyl sites for hydroxylation is 3. The van der Waals surface area contributed by atoms with Crippen molar-refractivity contribution in [2.75, 3.05) is 12.3 Å². The van der Waals surface area contributed by atoms with Crippen LogP contribution in [0.25, 0.3) is 16.4 Å². The Labute approximate surface area is 189 Å². The number of carbonyl (C=O) groups excluding carboxylic acids is 1. The van der Waals surface area contributed by atoms with E-state index in [0.717, 1.165) is 40.7 Å². The zero-order valence-electron chi connectivity index (χ0n) is 17.5. The first-order valence-electron chi connectivity index (χ1n) is 10.1. The van der Waals surface area contributed by atoms with Crippen molar-refractivity contribution in [1.29, 1.82) is 0 Å². The van der Waals surface area contributed by atoms with Crippen molar-refractivity contribution in [1.82, 2.24) is 29.9 Å². The van der Waals surface area contributed by atoms with Gasteiger partial charge in [-0.3, -0.25) is 14.0 Å². The van der Waals surface area contributed by atoms with Crippen LogP contribution in [0.2, 0.25) is 0 Å². The average Bonchev–Trinajstić information content (AvgIpc) is 3.50. The number of hydrogen-bond acceptors (Lipinski definition) is 6. The van der Waals surface area contributed by atoms with Gasteiger partial charge in [-0.15, -0.1) is 21.5 Å². The van der Waals surface area contributed by atoms with E-state index in [4.69, 9.17) is 0 Å². The zero-order chi connectivity index (χ0) is 21.6. The highest BCUT2D eigenvalue weighted by Gasteiger charge is 2.17. The second-order valence-electron chi connectivity index (χ2n) is 7.10. The molecule has 0 spiro atoms. The van der Waals surface area contributed by atoms with Crippen molar-refractivity contribution in [3.05, 3.63) is 65.3 Å². The number of thioether (sulfide) groups is 1. The molecule has 3 aromatic heterocycles. The maximum absolute atomic E-state index is 12.4. The molecule has 0 aliphatic heterocycles. The van der Waals surface area contributed by atoms with Crippen LogP contribution in [0.5, 0.6) is 0 Å². The number of nitrogens with one attached hydrogen (secondary N) is 1. The molecule has 4 aromatic rings. The van der Waals surface area contributed by atoms with Crippen LogP contribution in [0.3, 0.4) is 0 Å². The third kappa shape index (κ3) is 5.23. The predicted molar refractivity (Wildman–Crippen MR) is 125 cm³/mol. The van der Waals surface area contributed by atoms with Crippen molar-refractivity contribution < 1.29 is 4.79 Å². The van der Waals surface area contributed by atoms with E-state index in [1.165, 1.54) is 11.8 Å². The standard InChI is InChI=1S/C22H24N6OS2/c1-16-14-17(2)27(26-16)12-7-11-23-20(29)15-31-22-25-24-21(19-10-6-13-30-19)28(22)18-8-4-3-5-9-18/h3-6,8-10,13-14H,7,11-12,15H2,1-2H3,(H,23,29). The Morgan fingerprint density at radius 3 is 2.68 bits per heavy atom. The minimum absolute atomic E-state index is 0.0151. The minimum atomic E-state index is -0.0151. The van der Waals surface area contributed by atoms with Crippen LogP contribution in [0.4, 0.5) is 0 Å². The summed E-state index contributed by atoms with van der Waals surface area (Å²) in [6.07, 6.45) is 0.834. The van der Waals surface area contributed by atoms with Crippen molar-refractivity contribution in [3.63, 3.8) is 0 Å². The maximum Gasteiger partial charge on any atom is 0.230 e. The normalized spacial score (nSPS) is 11.0. The van der Waals surface area contributed by atoms with E-state index < -0.39 is 0 Å². The molecule has 0 saturated heterocycles. The van der Waals surface area contributed by atoms with Gasteiger partial charge in [0.05, 0.1) is 16.3 Å². The van der Waals surface area contributed by atoms with Gasteiger partial charge in [-0.05, 0) is 49.9 Å². The number of nitrogens with zero attached hydrogens (tertiary/aromatic N) is 5. The van der Waals surface area contributed by atoms with Gasteiger partial charge in [0.2, 0.25) is 5.91 Å². The Kier molecular flexibility index (Phi) is 6.83. The van der Waals surface area contributed by atoms with E-state index in [1.54, 1.807) is 11.3 Å². The summed E-state index contributed by atoms with van der Waals surface area (Å²) in [5, 5.41) is 18.9. The first-order chi connectivity index (χ1) is 15.1. The number of para-hydroxylation sites is 1. The Morgan fingerprint density at radius 2 is 1.97 bits per heavy atom. The average molecular weight is 453 g/mol. The molecule has 0 aliphatic rings. The monoisotopic (exact) mass is 452 g/mol. The molecule has 1 N–H and O–H groups in total. The molecule has 0 saturated carbocycles. The summed E-state index contributed by atoms with van der Waals surface area (Å²) in [6, 6.07) is 16.1. The molecule has 7 nitrogen and oxygen atoms in total. The highest BCUT2D eigenvalue weighted by atomic mass is 32.2. The van der Waals surface area contributed by atoms with E-state index in [1.807, 2.05) is 70.9 Å². The Bertz CT molecular complexity index is 1130. The Balaban J connectivity index is 1.36. The van der Waals surface area contributed by atoms with Crippen LogP contribution in [0, 0.1) is 13.8 Å². The molecule has 0 radical (unpaired) electrons. The van der Waals surface area contributed by atoms with Gasteiger partial charge in [0.25, 0.3) is 0 Å². The molecular weight excluding hydrogens is 428 g/mol. The van der Waals surface area contributed by atoms with E-state index >= 15 is 0 Å². The van der Waals surface area contributed by atoms with Crippen LogP contribution in [-0.4, -0.2) is 42.7 Å². The number of carbonyl (C=O) groups is 1. The van der Waals surface area contributed by atoms with Crippen LogP contribution in [0.1, 0.15) is 17.8 Å². The number of aromatic nitrogens is 5. The lowest BCUT2D eigenvalue weighted by Crippen LogP contribution is -2.27.